The van der Waals surface area contributed by atoms with E-state index in [2.05, 4.69) is 15.5 Å². The second-order valence-corrected chi connectivity index (χ2v) is 7.41. The second kappa shape index (κ2) is 5.45. The van der Waals surface area contributed by atoms with Gasteiger partial charge in [-0.25, -0.2) is 8.42 Å². The second-order valence-electron chi connectivity index (χ2n) is 4.06. The highest BCUT2D eigenvalue weighted by Gasteiger charge is 2.34. The van der Waals surface area contributed by atoms with Crippen molar-refractivity contribution in [3.8, 4) is 0 Å². The van der Waals surface area contributed by atoms with Gasteiger partial charge in [-0.15, -0.1) is 5.10 Å². The molecule has 102 valence electrons. The van der Waals surface area contributed by atoms with E-state index in [1.807, 2.05) is 0 Å². The van der Waals surface area contributed by atoms with Crippen LogP contribution in [0.4, 0.5) is 6.01 Å². The number of sulfone groups is 1. The summed E-state index contributed by atoms with van der Waals surface area (Å²) in [6.45, 7) is 1.07. The number of nitrogens with zero attached hydrogens (tertiary/aromatic N) is 3. The largest absolute Gasteiger partial charge is 0.407 e. The molecule has 1 fully saturated rings. The highest BCUT2D eigenvalue weighted by atomic mass is 32.2. The van der Waals surface area contributed by atoms with E-state index < -0.39 is 15.2 Å². The number of anilines is 1. The fourth-order valence-electron chi connectivity index (χ4n) is 1.74. The van der Waals surface area contributed by atoms with Gasteiger partial charge in [-0.1, -0.05) is 5.10 Å². The molecule has 1 unspecified atom stereocenters. The maximum atomic E-state index is 11.7. The van der Waals surface area contributed by atoms with E-state index in [1.165, 1.54) is 6.26 Å². The van der Waals surface area contributed by atoms with Crippen molar-refractivity contribution in [2.24, 2.45) is 0 Å². The van der Waals surface area contributed by atoms with Gasteiger partial charge in [0.15, 0.2) is 9.84 Å². The molecule has 1 aromatic rings. The van der Waals surface area contributed by atoms with Gasteiger partial charge < -0.3 is 14.6 Å². The molecule has 1 saturated heterocycles. The molecule has 0 radical (unpaired) electrons. The lowest BCUT2D eigenvalue weighted by Gasteiger charge is -2.32. The number of hydrogen-bond acceptors (Lipinski definition) is 8. The predicted octanol–water partition coefficient (Wildman–Crippen LogP) is -0.287. The maximum absolute atomic E-state index is 11.7. The van der Waals surface area contributed by atoms with Gasteiger partial charge in [-0.05, 0) is 7.05 Å². The molecule has 0 saturated carbocycles. The Morgan fingerprint density at radius 2 is 2.33 bits per heavy atom. The first-order valence-electron chi connectivity index (χ1n) is 5.52. The summed E-state index contributed by atoms with van der Waals surface area (Å²) in [5.74, 6) is 1.84. The average molecular weight is 292 g/mol. The predicted molar refractivity (Wildman–Crippen MR) is 70.4 cm³/mol. The van der Waals surface area contributed by atoms with Crippen molar-refractivity contribution in [1.82, 2.24) is 15.5 Å². The number of thioether (sulfide) groups is 1. The fraction of sp³-hybridized carbons (Fsp3) is 0.778. The average Bonchev–Trinajstić information content (AvgIpc) is 2.77. The lowest BCUT2D eigenvalue weighted by atomic mass is 10.5. The Hall–Kier alpha value is -0.800. The van der Waals surface area contributed by atoms with E-state index in [1.54, 1.807) is 23.7 Å². The molecule has 1 aliphatic heterocycles. The number of rotatable bonds is 4. The molecule has 1 N–H and O–H groups in total. The summed E-state index contributed by atoms with van der Waals surface area (Å²) < 4.78 is 28.9. The van der Waals surface area contributed by atoms with E-state index in [-0.39, 0.29) is 6.01 Å². The van der Waals surface area contributed by atoms with Crippen molar-refractivity contribution in [2.75, 3.05) is 36.3 Å². The van der Waals surface area contributed by atoms with E-state index in [4.69, 9.17) is 4.42 Å². The molecule has 0 aliphatic carbocycles. The van der Waals surface area contributed by atoms with E-state index in [0.29, 0.717) is 24.7 Å². The summed E-state index contributed by atoms with van der Waals surface area (Å²) in [6, 6.07) is 0.288. The first kappa shape index (κ1) is 13.6. The minimum Gasteiger partial charge on any atom is -0.407 e. The Labute approximate surface area is 110 Å². The van der Waals surface area contributed by atoms with Crippen molar-refractivity contribution >= 4 is 27.6 Å². The Morgan fingerprint density at radius 1 is 1.56 bits per heavy atom. The summed E-state index contributed by atoms with van der Waals surface area (Å²) in [6.07, 6.45) is 1.24. The highest BCUT2D eigenvalue weighted by Crippen LogP contribution is 2.25. The summed E-state index contributed by atoms with van der Waals surface area (Å²) in [5.41, 5.74) is 0. The molecule has 9 heteroatoms. The van der Waals surface area contributed by atoms with Gasteiger partial charge in [-0.2, -0.15) is 11.8 Å². The Balaban J connectivity index is 2.22. The maximum Gasteiger partial charge on any atom is 0.319 e. The van der Waals surface area contributed by atoms with Crippen molar-refractivity contribution in [2.45, 2.75) is 11.9 Å². The minimum absolute atomic E-state index is 0.288. The van der Waals surface area contributed by atoms with Gasteiger partial charge in [-0.3, -0.25) is 0 Å². The Morgan fingerprint density at radius 3 is 3.00 bits per heavy atom. The molecular formula is C9H16N4O3S2. The van der Waals surface area contributed by atoms with E-state index in [0.717, 1.165) is 5.75 Å². The van der Waals surface area contributed by atoms with E-state index >= 15 is 0 Å². The van der Waals surface area contributed by atoms with Crippen LogP contribution in [-0.2, 0) is 16.4 Å². The van der Waals surface area contributed by atoms with Crippen LogP contribution < -0.4 is 10.2 Å². The van der Waals surface area contributed by atoms with E-state index in [9.17, 15) is 8.42 Å². The molecule has 0 spiro atoms. The summed E-state index contributed by atoms with van der Waals surface area (Å²) in [7, 11) is -1.39. The van der Waals surface area contributed by atoms with Crippen LogP contribution in [0.2, 0.25) is 0 Å². The van der Waals surface area contributed by atoms with Crippen molar-refractivity contribution in [3.05, 3.63) is 5.89 Å². The molecule has 7 nitrogen and oxygen atoms in total. The molecule has 1 aromatic heterocycles. The molecule has 0 bridgehead atoms. The zero-order chi connectivity index (χ0) is 13.2. The van der Waals surface area contributed by atoms with Crippen molar-refractivity contribution < 1.29 is 12.8 Å². The van der Waals surface area contributed by atoms with Crippen LogP contribution in [0, 0.1) is 0 Å². The SMILES string of the molecule is CNCc1nnc(N2CCSCC2S(C)(=O)=O)o1. The topological polar surface area (TPSA) is 88.3 Å². The normalized spacial score (nSPS) is 21.2. The van der Waals surface area contributed by atoms with Crippen LogP contribution in [-0.4, -0.2) is 55.3 Å². The lowest BCUT2D eigenvalue weighted by Crippen LogP contribution is -2.47. The number of hydrogen-bond donors (Lipinski definition) is 1. The van der Waals surface area contributed by atoms with Crippen molar-refractivity contribution in [1.29, 1.82) is 0 Å². The molecule has 18 heavy (non-hydrogen) atoms. The highest BCUT2D eigenvalue weighted by molar-refractivity contribution is 8.01. The third kappa shape index (κ3) is 2.96. The van der Waals surface area contributed by atoms with Crippen LogP contribution in [0.3, 0.4) is 0 Å². The minimum atomic E-state index is -3.16. The van der Waals surface area contributed by atoms with Crippen LogP contribution in [0.25, 0.3) is 0 Å². The standard InChI is InChI=1S/C9H16N4O3S2/c1-10-5-7-11-12-9(16-7)13-3-4-17-6-8(13)18(2,14)15/h8,10H,3-6H2,1-2H3. The summed E-state index contributed by atoms with van der Waals surface area (Å²) >= 11 is 1.62. The Kier molecular flexibility index (Phi) is 4.13. The van der Waals surface area contributed by atoms with Crippen LogP contribution in [0.15, 0.2) is 4.42 Å². The quantitative estimate of drug-likeness (QED) is 0.810. The summed E-state index contributed by atoms with van der Waals surface area (Å²) in [4.78, 5) is 1.68. The van der Waals surface area contributed by atoms with Crippen LogP contribution in [0.5, 0.6) is 0 Å². The van der Waals surface area contributed by atoms with Gasteiger partial charge in [0.1, 0.15) is 5.37 Å². The van der Waals surface area contributed by atoms with Gasteiger partial charge in [0, 0.05) is 24.3 Å². The smallest absolute Gasteiger partial charge is 0.319 e. The molecular weight excluding hydrogens is 276 g/mol. The third-order valence-electron chi connectivity index (χ3n) is 2.61. The van der Waals surface area contributed by atoms with Crippen LogP contribution in [0.1, 0.15) is 5.89 Å². The lowest BCUT2D eigenvalue weighted by molar-refractivity contribution is 0.467. The summed E-state index contributed by atoms with van der Waals surface area (Å²) in [5, 5.41) is 10.1. The van der Waals surface area contributed by atoms with Gasteiger partial charge in [0.05, 0.1) is 6.54 Å². The first-order valence-corrected chi connectivity index (χ1v) is 8.63. The monoisotopic (exact) mass is 292 g/mol. The van der Waals surface area contributed by atoms with Crippen molar-refractivity contribution in [3.63, 3.8) is 0 Å². The third-order valence-corrected chi connectivity index (χ3v) is 5.25. The van der Waals surface area contributed by atoms with Gasteiger partial charge >= 0.3 is 6.01 Å². The zero-order valence-electron chi connectivity index (χ0n) is 10.3. The first-order chi connectivity index (χ1) is 8.52. The molecule has 0 aromatic carbocycles. The number of nitrogens with one attached hydrogen (secondary N) is 1. The van der Waals surface area contributed by atoms with Gasteiger partial charge in [0.25, 0.3) is 0 Å². The fourth-order valence-corrected chi connectivity index (χ4v) is 4.55. The van der Waals surface area contributed by atoms with Gasteiger partial charge in [0.2, 0.25) is 5.89 Å². The molecule has 1 aliphatic rings. The Bertz CT molecular complexity index is 502. The zero-order valence-corrected chi connectivity index (χ0v) is 11.9. The van der Waals surface area contributed by atoms with Crippen LogP contribution >= 0.6 is 11.8 Å². The number of aromatic nitrogens is 2. The molecule has 2 rings (SSSR count). The molecule has 1 atom stereocenters. The molecule has 0 amide bonds. The molecule has 2 heterocycles.